The van der Waals surface area contributed by atoms with Crippen molar-refractivity contribution in [1.82, 2.24) is 4.90 Å². The molecule has 1 amide bonds. The number of ether oxygens (including phenoxy) is 2. The molecule has 1 aliphatic carbocycles. The first-order chi connectivity index (χ1) is 12.7. The van der Waals surface area contributed by atoms with Gasteiger partial charge in [-0.3, -0.25) is 4.79 Å². The van der Waals surface area contributed by atoms with E-state index in [1.807, 2.05) is 24.3 Å². The first-order valence-corrected chi connectivity index (χ1v) is 10.1. The van der Waals surface area contributed by atoms with Crippen LogP contribution in [0.4, 0.5) is 0 Å². The van der Waals surface area contributed by atoms with E-state index in [9.17, 15) is 4.79 Å². The molecule has 1 aromatic rings. The number of primary amides is 1. The van der Waals surface area contributed by atoms with Crippen LogP contribution in [0.25, 0.3) is 0 Å². The van der Waals surface area contributed by atoms with Crippen molar-refractivity contribution in [2.24, 2.45) is 5.73 Å². The van der Waals surface area contributed by atoms with E-state index < -0.39 is 5.41 Å². The minimum Gasteiger partial charge on any atom is -0.490 e. The molecule has 0 unspecified atom stereocenters. The van der Waals surface area contributed by atoms with Gasteiger partial charge in [-0.25, -0.2) is 0 Å². The summed E-state index contributed by atoms with van der Waals surface area (Å²) in [7, 11) is 0. The maximum atomic E-state index is 12.1. The summed E-state index contributed by atoms with van der Waals surface area (Å²) in [5.41, 5.74) is 6.14. The van der Waals surface area contributed by atoms with Gasteiger partial charge in [0.25, 0.3) is 0 Å². The molecular weight excluding hydrogens is 328 g/mol. The lowest BCUT2D eigenvalue weighted by molar-refractivity contribution is -0.127. The molecule has 2 heterocycles. The maximum Gasteiger partial charge on any atom is 0.228 e. The van der Waals surface area contributed by atoms with Crippen LogP contribution >= 0.6 is 0 Å². The van der Waals surface area contributed by atoms with E-state index in [1.165, 1.54) is 19.3 Å². The zero-order valence-corrected chi connectivity index (χ0v) is 15.5. The molecule has 142 valence electrons. The smallest absolute Gasteiger partial charge is 0.228 e. The van der Waals surface area contributed by atoms with Gasteiger partial charge in [0, 0.05) is 32.3 Å². The number of nitrogens with zero attached hydrogens (tertiary/aromatic N) is 1. The fourth-order valence-electron chi connectivity index (χ4n) is 4.55. The van der Waals surface area contributed by atoms with Crippen LogP contribution in [0, 0.1) is 0 Å². The fourth-order valence-corrected chi connectivity index (χ4v) is 4.55. The van der Waals surface area contributed by atoms with Crippen molar-refractivity contribution >= 4 is 5.91 Å². The molecule has 1 aromatic carbocycles. The van der Waals surface area contributed by atoms with Gasteiger partial charge in [0.05, 0.1) is 5.41 Å². The third kappa shape index (κ3) is 3.47. The Morgan fingerprint density at radius 3 is 2.27 bits per heavy atom. The lowest BCUT2D eigenvalue weighted by atomic mass is 9.73. The van der Waals surface area contributed by atoms with Crippen molar-refractivity contribution in [2.75, 3.05) is 26.3 Å². The van der Waals surface area contributed by atoms with E-state index in [-0.39, 0.29) is 5.91 Å². The van der Waals surface area contributed by atoms with Gasteiger partial charge in [0.15, 0.2) is 0 Å². The van der Waals surface area contributed by atoms with E-state index in [0.717, 1.165) is 43.3 Å². The van der Waals surface area contributed by atoms with Crippen LogP contribution < -0.4 is 10.5 Å². The van der Waals surface area contributed by atoms with Crippen LogP contribution in [-0.4, -0.2) is 49.3 Å². The second-order valence-corrected chi connectivity index (χ2v) is 8.02. The molecule has 4 rings (SSSR count). The summed E-state index contributed by atoms with van der Waals surface area (Å²) in [6.07, 6.45) is 7.95. The minimum atomic E-state index is -0.592. The summed E-state index contributed by atoms with van der Waals surface area (Å²) in [5, 5.41) is 0. The number of carbonyl (C=O) groups is 1. The summed E-state index contributed by atoms with van der Waals surface area (Å²) < 4.78 is 11.6. The average molecular weight is 358 g/mol. The molecule has 1 saturated carbocycles. The number of hydrogen-bond acceptors (Lipinski definition) is 4. The van der Waals surface area contributed by atoms with Crippen LogP contribution in [-0.2, 0) is 14.9 Å². The maximum absolute atomic E-state index is 12.1. The molecule has 0 radical (unpaired) electrons. The molecule has 5 heteroatoms. The van der Waals surface area contributed by atoms with Crippen LogP contribution in [0.1, 0.15) is 50.5 Å². The molecule has 3 fully saturated rings. The van der Waals surface area contributed by atoms with Gasteiger partial charge in [-0.1, -0.05) is 18.6 Å². The normalized spacial score (nSPS) is 24.8. The number of likely N-dealkylation sites (tertiary alicyclic amines) is 1. The molecule has 3 aliphatic rings. The van der Waals surface area contributed by atoms with Crippen LogP contribution in [0.3, 0.4) is 0 Å². The number of rotatable bonds is 5. The van der Waals surface area contributed by atoms with Gasteiger partial charge in [-0.15, -0.1) is 0 Å². The summed E-state index contributed by atoms with van der Waals surface area (Å²) in [6.45, 7) is 3.47. The second kappa shape index (κ2) is 7.57. The molecule has 26 heavy (non-hydrogen) atoms. The van der Waals surface area contributed by atoms with E-state index in [2.05, 4.69) is 4.90 Å². The van der Waals surface area contributed by atoms with Gasteiger partial charge in [-0.05, 0) is 56.2 Å². The van der Waals surface area contributed by atoms with Crippen molar-refractivity contribution < 1.29 is 14.3 Å². The Balaban J connectivity index is 1.36. The van der Waals surface area contributed by atoms with Crippen LogP contribution in [0.2, 0.25) is 0 Å². The van der Waals surface area contributed by atoms with Crippen molar-refractivity contribution in [2.45, 2.75) is 62.5 Å². The number of nitrogens with two attached hydrogens (primary N) is 1. The molecule has 5 nitrogen and oxygen atoms in total. The lowest BCUT2D eigenvalue weighted by Crippen LogP contribution is -2.46. The lowest BCUT2D eigenvalue weighted by Gasteiger charge is -2.41. The minimum absolute atomic E-state index is 0.252. The van der Waals surface area contributed by atoms with Crippen molar-refractivity contribution in [3.8, 4) is 5.75 Å². The number of hydrogen-bond donors (Lipinski definition) is 1. The van der Waals surface area contributed by atoms with Crippen molar-refractivity contribution in [3.63, 3.8) is 0 Å². The standard InChI is InChI=1S/C21H30N2O3/c22-20(24)21(10-14-25-15-11-21)16-4-6-18(7-5-16)26-19-8-12-23(13-9-19)17-2-1-3-17/h4-7,17,19H,1-3,8-15H2,(H2,22,24). The molecule has 0 bridgehead atoms. The van der Waals surface area contributed by atoms with Gasteiger partial charge >= 0.3 is 0 Å². The van der Waals surface area contributed by atoms with Gasteiger partial charge in [-0.2, -0.15) is 0 Å². The highest BCUT2D eigenvalue weighted by Crippen LogP contribution is 2.36. The third-order valence-electron chi connectivity index (χ3n) is 6.60. The van der Waals surface area contributed by atoms with Gasteiger partial charge in [0.2, 0.25) is 5.91 Å². The second-order valence-electron chi connectivity index (χ2n) is 8.02. The van der Waals surface area contributed by atoms with Crippen molar-refractivity contribution in [1.29, 1.82) is 0 Å². The molecule has 2 aliphatic heterocycles. The Labute approximate surface area is 155 Å². The zero-order valence-electron chi connectivity index (χ0n) is 15.5. The largest absolute Gasteiger partial charge is 0.490 e. The predicted molar refractivity (Wildman–Crippen MR) is 100 cm³/mol. The Bertz CT molecular complexity index is 613. The van der Waals surface area contributed by atoms with E-state index in [0.29, 0.717) is 32.2 Å². The van der Waals surface area contributed by atoms with Gasteiger partial charge in [0.1, 0.15) is 11.9 Å². The van der Waals surface area contributed by atoms with Crippen LogP contribution in [0.5, 0.6) is 5.75 Å². The molecular formula is C21H30N2O3. The highest BCUT2D eigenvalue weighted by Gasteiger charge is 2.40. The Kier molecular flexibility index (Phi) is 5.18. The molecule has 2 N–H and O–H groups in total. The van der Waals surface area contributed by atoms with E-state index in [1.54, 1.807) is 0 Å². The first kappa shape index (κ1) is 17.8. The van der Waals surface area contributed by atoms with E-state index in [4.69, 9.17) is 15.2 Å². The Morgan fingerprint density at radius 2 is 1.73 bits per heavy atom. The number of carbonyl (C=O) groups excluding carboxylic acids is 1. The highest BCUT2D eigenvalue weighted by atomic mass is 16.5. The molecule has 0 atom stereocenters. The Hall–Kier alpha value is -1.59. The highest BCUT2D eigenvalue weighted by molar-refractivity contribution is 5.86. The average Bonchev–Trinajstić information content (AvgIpc) is 2.63. The molecule has 0 aromatic heterocycles. The summed E-state index contributed by atoms with van der Waals surface area (Å²) >= 11 is 0. The van der Waals surface area contributed by atoms with Crippen LogP contribution in [0.15, 0.2) is 24.3 Å². The fraction of sp³-hybridized carbons (Fsp3) is 0.667. The quantitative estimate of drug-likeness (QED) is 0.879. The zero-order chi connectivity index (χ0) is 18.0. The SMILES string of the molecule is NC(=O)C1(c2ccc(OC3CCN(C4CCC4)CC3)cc2)CCOCC1. The van der Waals surface area contributed by atoms with Crippen molar-refractivity contribution in [3.05, 3.63) is 29.8 Å². The third-order valence-corrected chi connectivity index (χ3v) is 6.60. The predicted octanol–water partition coefficient (Wildman–Crippen LogP) is 2.62. The topological polar surface area (TPSA) is 64.8 Å². The number of piperidine rings is 1. The van der Waals surface area contributed by atoms with E-state index >= 15 is 0 Å². The summed E-state index contributed by atoms with van der Waals surface area (Å²) in [6, 6.07) is 8.84. The summed E-state index contributed by atoms with van der Waals surface area (Å²) in [4.78, 5) is 14.8. The summed E-state index contributed by atoms with van der Waals surface area (Å²) in [5.74, 6) is 0.639. The molecule has 2 saturated heterocycles. The number of amides is 1. The number of benzene rings is 1. The first-order valence-electron chi connectivity index (χ1n) is 10.1. The Morgan fingerprint density at radius 1 is 1.08 bits per heavy atom. The van der Waals surface area contributed by atoms with Gasteiger partial charge < -0.3 is 20.1 Å². The monoisotopic (exact) mass is 358 g/mol. The molecule has 0 spiro atoms.